The molecular formula is C21H20O6. The van der Waals surface area contributed by atoms with Crippen LogP contribution < -0.4 is 0 Å². The molecule has 0 radical (unpaired) electrons. The lowest BCUT2D eigenvalue weighted by Crippen LogP contribution is -2.34. The number of rotatable bonds is 0. The molecule has 0 saturated heterocycles. The molecule has 0 spiro atoms. The van der Waals surface area contributed by atoms with Crippen molar-refractivity contribution < 1.29 is 29.6 Å². The summed E-state index contributed by atoms with van der Waals surface area (Å²) in [4.78, 5) is 24.9. The lowest BCUT2D eigenvalue weighted by Gasteiger charge is -2.33. The quantitative estimate of drug-likeness (QED) is 0.615. The van der Waals surface area contributed by atoms with Gasteiger partial charge in [0.25, 0.3) is 0 Å². The van der Waals surface area contributed by atoms with Gasteiger partial charge in [0.05, 0.1) is 11.0 Å². The Morgan fingerprint density at radius 3 is 2.44 bits per heavy atom. The number of aliphatic hydroxyl groups excluding tert-OH is 1. The van der Waals surface area contributed by atoms with E-state index in [0.717, 1.165) is 0 Å². The second kappa shape index (κ2) is 5.25. The number of hydrogen-bond acceptors (Lipinski definition) is 6. The van der Waals surface area contributed by atoms with Crippen LogP contribution in [0.15, 0.2) is 17.7 Å². The Morgan fingerprint density at radius 2 is 1.78 bits per heavy atom. The number of carbonyl (C=O) groups is 2. The summed E-state index contributed by atoms with van der Waals surface area (Å²) in [6.45, 7) is 6.72. The number of ketones is 1. The van der Waals surface area contributed by atoms with Gasteiger partial charge in [-0.3, -0.25) is 4.79 Å². The molecule has 0 amide bonds. The molecule has 1 aliphatic carbocycles. The van der Waals surface area contributed by atoms with Gasteiger partial charge in [-0.05, 0) is 56.3 Å². The molecular weight excluding hydrogens is 348 g/mol. The first-order valence-corrected chi connectivity index (χ1v) is 8.76. The van der Waals surface area contributed by atoms with E-state index >= 15 is 0 Å². The molecule has 0 bridgehead atoms. The monoisotopic (exact) mass is 368 g/mol. The number of benzene rings is 2. The Labute approximate surface area is 155 Å². The van der Waals surface area contributed by atoms with Crippen LogP contribution in [0.3, 0.4) is 0 Å². The highest BCUT2D eigenvalue weighted by atomic mass is 16.5. The summed E-state index contributed by atoms with van der Waals surface area (Å²) in [5.41, 5.74) is 0.421. The number of aromatic hydroxyl groups is 2. The maximum absolute atomic E-state index is 12.6. The van der Waals surface area contributed by atoms with E-state index in [0.29, 0.717) is 28.3 Å². The van der Waals surface area contributed by atoms with Gasteiger partial charge in [0.1, 0.15) is 28.9 Å². The number of esters is 1. The number of aliphatic hydroxyl groups is 1. The molecule has 6 nitrogen and oxygen atoms in total. The highest BCUT2D eigenvalue weighted by Gasteiger charge is 2.41. The minimum atomic E-state index is -0.949. The number of fused-ring (bicyclic) bond motifs is 4. The Morgan fingerprint density at radius 1 is 1.11 bits per heavy atom. The zero-order chi connectivity index (χ0) is 19.8. The van der Waals surface area contributed by atoms with E-state index in [-0.39, 0.29) is 39.7 Å². The maximum atomic E-state index is 12.6. The Hall–Kier alpha value is -3.02. The first kappa shape index (κ1) is 17.4. The highest BCUT2D eigenvalue weighted by Crippen LogP contribution is 2.49. The normalized spacial score (nSPS) is 21.1. The Balaban J connectivity index is 2.19. The maximum Gasteiger partial charge on any atom is 0.342 e. The van der Waals surface area contributed by atoms with Crippen molar-refractivity contribution in [3.8, 4) is 11.5 Å². The van der Waals surface area contributed by atoms with Crippen molar-refractivity contribution in [2.45, 2.75) is 45.6 Å². The van der Waals surface area contributed by atoms with E-state index in [1.807, 2.05) is 0 Å². The predicted octanol–water partition coefficient (Wildman–Crippen LogP) is 3.50. The third-order valence-corrected chi connectivity index (χ3v) is 5.66. The van der Waals surface area contributed by atoms with Crippen LogP contribution in [-0.4, -0.2) is 33.2 Å². The van der Waals surface area contributed by atoms with E-state index in [9.17, 15) is 24.9 Å². The van der Waals surface area contributed by atoms with E-state index in [1.54, 1.807) is 26.8 Å². The summed E-state index contributed by atoms with van der Waals surface area (Å²) in [7, 11) is 0. The third-order valence-electron chi connectivity index (χ3n) is 5.66. The zero-order valence-corrected chi connectivity index (χ0v) is 15.5. The summed E-state index contributed by atoms with van der Waals surface area (Å²) in [5, 5.41) is 32.9. The predicted molar refractivity (Wildman–Crippen MR) is 99.1 cm³/mol. The minimum Gasteiger partial charge on any atom is -0.507 e. The van der Waals surface area contributed by atoms with E-state index < -0.39 is 17.5 Å². The van der Waals surface area contributed by atoms with Gasteiger partial charge in [0.2, 0.25) is 0 Å². The van der Waals surface area contributed by atoms with Crippen molar-refractivity contribution >= 4 is 28.3 Å². The molecule has 1 aliphatic heterocycles. The van der Waals surface area contributed by atoms with Crippen molar-refractivity contribution in [3.05, 3.63) is 40.0 Å². The molecule has 2 aromatic rings. The lowest BCUT2D eigenvalue weighted by molar-refractivity contribution is -0.120. The Bertz CT molecular complexity index is 1090. The molecule has 1 atom stereocenters. The van der Waals surface area contributed by atoms with Gasteiger partial charge in [-0.1, -0.05) is 0 Å². The van der Waals surface area contributed by atoms with Crippen LogP contribution >= 0.6 is 0 Å². The molecule has 2 aromatic carbocycles. The van der Waals surface area contributed by atoms with Gasteiger partial charge in [-0.2, -0.15) is 0 Å². The molecule has 0 saturated carbocycles. The zero-order valence-electron chi connectivity index (χ0n) is 15.5. The summed E-state index contributed by atoms with van der Waals surface area (Å²) < 4.78 is 5.20. The fraction of sp³-hybridized carbons (Fsp3) is 0.333. The molecule has 27 heavy (non-hydrogen) atoms. The molecule has 2 aliphatic rings. The summed E-state index contributed by atoms with van der Waals surface area (Å²) in [6, 6.07) is 3.07. The topological polar surface area (TPSA) is 104 Å². The van der Waals surface area contributed by atoms with Gasteiger partial charge < -0.3 is 20.1 Å². The van der Waals surface area contributed by atoms with Crippen LogP contribution in [0.4, 0.5) is 0 Å². The summed E-state index contributed by atoms with van der Waals surface area (Å²) in [5.74, 6) is -1.57. The highest BCUT2D eigenvalue weighted by molar-refractivity contribution is 6.14. The standard InChI is InChI=1S/C21H20O6/c1-8-5-11-14-10(7-13(22)15(11)20(26)27-8)6-12-16(18(14)24)17(23)9(2)19(25)21(12,3)4/h6-8,22-24H,5H2,1-4H3. The molecule has 1 unspecified atom stereocenters. The first-order chi connectivity index (χ1) is 12.6. The average molecular weight is 368 g/mol. The fourth-order valence-electron chi connectivity index (χ4n) is 4.24. The Kier molecular flexibility index (Phi) is 3.38. The van der Waals surface area contributed by atoms with Crippen LogP contribution in [0.2, 0.25) is 0 Å². The van der Waals surface area contributed by atoms with Gasteiger partial charge in [0.15, 0.2) is 5.78 Å². The van der Waals surface area contributed by atoms with Gasteiger partial charge in [-0.15, -0.1) is 0 Å². The summed E-state index contributed by atoms with van der Waals surface area (Å²) >= 11 is 0. The van der Waals surface area contributed by atoms with Gasteiger partial charge >= 0.3 is 5.97 Å². The number of allylic oxidation sites excluding steroid dienone is 1. The molecule has 3 N–H and O–H groups in total. The van der Waals surface area contributed by atoms with Crippen molar-refractivity contribution in [3.63, 3.8) is 0 Å². The number of Topliss-reactive ketones (excluding diaryl/α,β-unsaturated/α-hetero) is 1. The molecule has 1 heterocycles. The smallest absolute Gasteiger partial charge is 0.342 e. The van der Waals surface area contributed by atoms with Crippen molar-refractivity contribution in [2.75, 3.05) is 0 Å². The number of cyclic esters (lactones) is 1. The average Bonchev–Trinajstić information content (AvgIpc) is 2.57. The number of ether oxygens (including phenoxy) is 1. The van der Waals surface area contributed by atoms with Crippen molar-refractivity contribution in [2.24, 2.45) is 0 Å². The minimum absolute atomic E-state index is 0.0298. The van der Waals surface area contributed by atoms with E-state index in [1.165, 1.54) is 13.0 Å². The van der Waals surface area contributed by atoms with Crippen LogP contribution in [0.1, 0.15) is 54.7 Å². The van der Waals surface area contributed by atoms with Crippen molar-refractivity contribution in [1.29, 1.82) is 0 Å². The van der Waals surface area contributed by atoms with E-state index in [2.05, 4.69) is 0 Å². The van der Waals surface area contributed by atoms with Crippen LogP contribution in [0.25, 0.3) is 16.5 Å². The third kappa shape index (κ3) is 2.13. The number of carbonyl (C=O) groups excluding carboxylic acids is 2. The number of phenolic OH excluding ortho intramolecular Hbond substituents is 2. The number of hydrogen-bond donors (Lipinski definition) is 3. The van der Waals surface area contributed by atoms with Crippen LogP contribution in [-0.2, 0) is 21.4 Å². The SMILES string of the molecule is CC1=C(O)c2c(cc3cc(O)c4c(c3c2O)CC(C)OC4=O)C(C)(C)C1=O. The van der Waals surface area contributed by atoms with Crippen LogP contribution in [0, 0.1) is 0 Å². The van der Waals surface area contributed by atoms with E-state index in [4.69, 9.17) is 4.74 Å². The van der Waals surface area contributed by atoms with Gasteiger partial charge in [-0.25, -0.2) is 4.79 Å². The molecule has 6 heteroatoms. The second-order valence-corrected chi connectivity index (χ2v) is 7.84. The van der Waals surface area contributed by atoms with Crippen molar-refractivity contribution in [1.82, 2.24) is 0 Å². The van der Waals surface area contributed by atoms with Crippen LogP contribution in [0.5, 0.6) is 11.5 Å². The molecule has 140 valence electrons. The molecule has 0 fully saturated rings. The number of phenols is 2. The van der Waals surface area contributed by atoms with Gasteiger partial charge in [0, 0.05) is 17.4 Å². The lowest BCUT2D eigenvalue weighted by atomic mass is 9.70. The largest absolute Gasteiger partial charge is 0.507 e. The second-order valence-electron chi connectivity index (χ2n) is 7.84. The first-order valence-electron chi connectivity index (χ1n) is 8.76. The summed E-state index contributed by atoms with van der Waals surface area (Å²) in [6.07, 6.45) is -0.0845. The molecule has 0 aromatic heterocycles. The fourth-order valence-corrected chi connectivity index (χ4v) is 4.24. The molecule has 4 rings (SSSR count).